The molecule has 29 heavy (non-hydrogen) atoms. The van der Waals surface area contributed by atoms with Crippen LogP contribution in [0.3, 0.4) is 0 Å². The highest BCUT2D eigenvalue weighted by Gasteiger charge is 2.49. The highest BCUT2D eigenvalue weighted by Crippen LogP contribution is 2.24. The Morgan fingerprint density at radius 1 is 1.07 bits per heavy atom. The van der Waals surface area contributed by atoms with E-state index in [1.165, 1.54) is 0 Å². The Morgan fingerprint density at radius 3 is 2.41 bits per heavy atom. The normalized spacial score (nSPS) is 15.3. The van der Waals surface area contributed by atoms with Crippen LogP contribution in [0.1, 0.15) is 26.7 Å². The zero-order chi connectivity index (χ0) is 21.0. The maximum absolute atomic E-state index is 12.5. The number of nitrogens with one attached hydrogen (secondary N) is 2. The van der Waals surface area contributed by atoms with Gasteiger partial charge in [0.25, 0.3) is 11.8 Å². The molecule has 1 aliphatic heterocycles. The van der Waals surface area contributed by atoms with Gasteiger partial charge in [-0.05, 0) is 35.7 Å². The predicted octanol–water partition coefficient (Wildman–Crippen LogP) is 2.43. The first kappa shape index (κ1) is 20.3. The Kier molecular flexibility index (Phi) is 5.81. The van der Waals surface area contributed by atoms with Crippen LogP contribution in [0, 0.1) is 0 Å². The molecular formula is C21H23N3O5. The number of benzene rings is 2. The number of esters is 1. The van der Waals surface area contributed by atoms with Gasteiger partial charge >= 0.3 is 12.0 Å². The van der Waals surface area contributed by atoms with Crippen LogP contribution >= 0.6 is 0 Å². The van der Waals surface area contributed by atoms with Gasteiger partial charge in [-0.3, -0.25) is 19.3 Å². The van der Waals surface area contributed by atoms with Crippen LogP contribution in [-0.4, -0.2) is 47.4 Å². The fourth-order valence-corrected chi connectivity index (χ4v) is 3.33. The lowest BCUT2D eigenvalue weighted by molar-refractivity contribution is -0.150. The standard InChI is InChI=1S/C21H23N3O5/c1-3-21(4-2)19(27)24(20(28)23-21)12-18(26)29-13-17(25)22-16-10-9-14-7-5-6-8-15(14)11-16/h5-11H,3-4,12-13H2,1-2H3,(H,22,25)(H,23,28). The first-order valence-electron chi connectivity index (χ1n) is 9.47. The van der Waals surface area contributed by atoms with Crippen molar-refractivity contribution in [1.29, 1.82) is 0 Å². The molecule has 3 rings (SSSR count). The molecule has 2 aromatic carbocycles. The maximum Gasteiger partial charge on any atom is 0.326 e. The van der Waals surface area contributed by atoms with E-state index in [0.717, 1.165) is 15.7 Å². The summed E-state index contributed by atoms with van der Waals surface area (Å²) in [6.07, 6.45) is 0.849. The fourth-order valence-electron chi connectivity index (χ4n) is 3.33. The van der Waals surface area contributed by atoms with Crippen molar-refractivity contribution >= 4 is 40.3 Å². The van der Waals surface area contributed by atoms with Crippen molar-refractivity contribution in [2.75, 3.05) is 18.5 Å². The fraction of sp³-hybridized carbons (Fsp3) is 0.333. The second kappa shape index (κ2) is 8.30. The molecule has 0 radical (unpaired) electrons. The highest BCUT2D eigenvalue weighted by atomic mass is 16.5. The Labute approximate surface area is 168 Å². The van der Waals surface area contributed by atoms with Crippen LogP contribution < -0.4 is 10.6 Å². The number of hydrogen-bond acceptors (Lipinski definition) is 5. The van der Waals surface area contributed by atoms with Crippen molar-refractivity contribution < 1.29 is 23.9 Å². The first-order valence-corrected chi connectivity index (χ1v) is 9.47. The topological polar surface area (TPSA) is 105 Å². The molecule has 1 fully saturated rings. The van der Waals surface area contributed by atoms with Gasteiger partial charge in [-0.15, -0.1) is 0 Å². The van der Waals surface area contributed by atoms with Crippen LogP contribution in [0.2, 0.25) is 0 Å². The average Bonchev–Trinajstić information content (AvgIpc) is 2.97. The largest absolute Gasteiger partial charge is 0.454 e. The van der Waals surface area contributed by atoms with Crippen molar-refractivity contribution in [3.8, 4) is 0 Å². The molecule has 0 bridgehead atoms. The number of ether oxygens (including phenoxy) is 1. The van der Waals surface area contributed by atoms with Crippen molar-refractivity contribution in [2.24, 2.45) is 0 Å². The van der Waals surface area contributed by atoms with Crippen LogP contribution in [0.5, 0.6) is 0 Å². The number of amides is 4. The number of nitrogens with zero attached hydrogens (tertiary/aromatic N) is 1. The summed E-state index contributed by atoms with van der Waals surface area (Å²) >= 11 is 0. The lowest BCUT2D eigenvalue weighted by Gasteiger charge is -2.22. The second-order valence-corrected chi connectivity index (χ2v) is 6.88. The van der Waals surface area contributed by atoms with Gasteiger partial charge < -0.3 is 15.4 Å². The predicted molar refractivity (Wildman–Crippen MR) is 107 cm³/mol. The summed E-state index contributed by atoms with van der Waals surface area (Å²) in [6, 6.07) is 12.5. The van der Waals surface area contributed by atoms with Crippen LogP contribution in [0.4, 0.5) is 10.5 Å². The Morgan fingerprint density at radius 2 is 1.76 bits per heavy atom. The van der Waals surface area contributed by atoms with Gasteiger partial charge in [0.15, 0.2) is 6.61 Å². The van der Waals surface area contributed by atoms with Gasteiger partial charge in [-0.25, -0.2) is 4.79 Å². The molecular weight excluding hydrogens is 374 g/mol. The van der Waals surface area contributed by atoms with Crippen LogP contribution in [0.15, 0.2) is 42.5 Å². The van der Waals surface area contributed by atoms with E-state index >= 15 is 0 Å². The third-order valence-corrected chi connectivity index (χ3v) is 5.14. The number of fused-ring (bicyclic) bond motifs is 1. The number of urea groups is 1. The van der Waals surface area contributed by atoms with Crippen LogP contribution in [0.25, 0.3) is 10.8 Å². The molecule has 0 aliphatic carbocycles. The third-order valence-electron chi connectivity index (χ3n) is 5.14. The molecule has 0 saturated carbocycles. The van der Waals surface area contributed by atoms with E-state index in [1.807, 2.05) is 36.4 Å². The molecule has 1 aliphatic rings. The Hall–Kier alpha value is -3.42. The van der Waals surface area contributed by atoms with E-state index < -0.39 is 42.5 Å². The molecule has 8 heteroatoms. The summed E-state index contributed by atoms with van der Waals surface area (Å²) in [5, 5.41) is 7.30. The number of imide groups is 1. The quantitative estimate of drug-likeness (QED) is 0.552. The molecule has 152 valence electrons. The maximum atomic E-state index is 12.5. The average molecular weight is 397 g/mol. The second-order valence-electron chi connectivity index (χ2n) is 6.88. The smallest absolute Gasteiger partial charge is 0.326 e. The zero-order valence-electron chi connectivity index (χ0n) is 16.4. The zero-order valence-corrected chi connectivity index (χ0v) is 16.4. The van der Waals surface area contributed by atoms with Crippen molar-refractivity contribution in [3.63, 3.8) is 0 Å². The summed E-state index contributed by atoms with van der Waals surface area (Å²) in [5.74, 6) is -1.79. The van der Waals surface area contributed by atoms with Gasteiger partial charge in [0.05, 0.1) is 0 Å². The molecule has 1 heterocycles. The van der Waals surface area contributed by atoms with Crippen molar-refractivity contribution in [3.05, 3.63) is 42.5 Å². The lowest BCUT2D eigenvalue weighted by Crippen LogP contribution is -2.46. The minimum atomic E-state index is -0.981. The number of carbonyl (C=O) groups is 4. The summed E-state index contributed by atoms with van der Waals surface area (Å²) in [6.45, 7) is 2.54. The first-order chi connectivity index (χ1) is 13.9. The number of anilines is 1. The number of rotatable bonds is 7. The lowest BCUT2D eigenvalue weighted by atomic mass is 9.93. The van der Waals surface area contributed by atoms with E-state index in [-0.39, 0.29) is 0 Å². The van der Waals surface area contributed by atoms with E-state index in [4.69, 9.17) is 4.74 Å². The molecule has 0 aromatic heterocycles. The van der Waals surface area contributed by atoms with Gasteiger partial charge in [0.1, 0.15) is 12.1 Å². The molecule has 1 saturated heterocycles. The molecule has 4 amide bonds. The highest BCUT2D eigenvalue weighted by molar-refractivity contribution is 6.08. The third kappa shape index (κ3) is 4.21. The van der Waals surface area contributed by atoms with E-state index in [1.54, 1.807) is 19.9 Å². The molecule has 0 atom stereocenters. The van der Waals surface area contributed by atoms with Crippen molar-refractivity contribution in [1.82, 2.24) is 10.2 Å². The van der Waals surface area contributed by atoms with Crippen molar-refractivity contribution in [2.45, 2.75) is 32.2 Å². The van der Waals surface area contributed by atoms with Gasteiger partial charge in [0, 0.05) is 5.69 Å². The minimum Gasteiger partial charge on any atom is -0.454 e. The summed E-state index contributed by atoms with van der Waals surface area (Å²) in [5.41, 5.74) is -0.403. The Bertz CT molecular complexity index is 968. The van der Waals surface area contributed by atoms with Crippen LogP contribution in [-0.2, 0) is 19.1 Å². The number of carbonyl (C=O) groups excluding carboxylic acids is 4. The SMILES string of the molecule is CCC1(CC)NC(=O)N(CC(=O)OCC(=O)Nc2ccc3ccccc3c2)C1=O. The molecule has 2 aromatic rings. The summed E-state index contributed by atoms with van der Waals surface area (Å²) in [7, 11) is 0. The summed E-state index contributed by atoms with van der Waals surface area (Å²) < 4.78 is 4.93. The molecule has 0 unspecified atom stereocenters. The summed E-state index contributed by atoms with van der Waals surface area (Å²) in [4.78, 5) is 49.5. The molecule has 2 N–H and O–H groups in total. The van der Waals surface area contributed by atoms with Gasteiger partial charge in [0.2, 0.25) is 0 Å². The van der Waals surface area contributed by atoms with Gasteiger partial charge in [-0.1, -0.05) is 44.2 Å². The Balaban J connectivity index is 1.53. The molecule has 0 spiro atoms. The monoisotopic (exact) mass is 397 g/mol. The molecule has 8 nitrogen and oxygen atoms in total. The number of hydrogen-bond donors (Lipinski definition) is 2. The van der Waals surface area contributed by atoms with E-state index in [0.29, 0.717) is 18.5 Å². The van der Waals surface area contributed by atoms with Gasteiger partial charge in [-0.2, -0.15) is 0 Å². The van der Waals surface area contributed by atoms with E-state index in [9.17, 15) is 19.2 Å². The van der Waals surface area contributed by atoms with E-state index in [2.05, 4.69) is 10.6 Å². The minimum absolute atomic E-state index is 0.424.